The first-order valence-electron chi connectivity index (χ1n) is 6.69. The van der Waals surface area contributed by atoms with Gasteiger partial charge in [0.25, 0.3) is 0 Å². The van der Waals surface area contributed by atoms with E-state index in [1.807, 2.05) is 13.8 Å². The maximum Gasteiger partial charge on any atom is 0.317 e. The van der Waals surface area contributed by atoms with Crippen LogP contribution >= 0.6 is 0 Å². The lowest BCUT2D eigenvalue weighted by Gasteiger charge is -2.37. The predicted octanol–water partition coefficient (Wildman–Crippen LogP) is 1.31. The molecule has 0 aromatic carbocycles. The van der Waals surface area contributed by atoms with E-state index < -0.39 is 11.4 Å². The van der Waals surface area contributed by atoms with Crippen molar-refractivity contribution in [1.82, 2.24) is 10.2 Å². The molecule has 6 nitrogen and oxygen atoms in total. The number of aliphatic carboxylic acids is 1. The van der Waals surface area contributed by atoms with E-state index in [0.717, 1.165) is 0 Å². The zero-order valence-corrected chi connectivity index (χ0v) is 12.1. The molecule has 3 unspecified atom stereocenters. The van der Waals surface area contributed by atoms with Gasteiger partial charge in [0, 0.05) is 13.1 Å². The number of amides is 2. The van der Waals surface area contributed by atoms with E-state index in [2.05, 4.69) is 5.32 Å². The van der Waals surface area contributed by atoms with Gasteiger partial charge < -0.3 is 20.1 Å². The summed E-state index contributed by atoms with van der Waals surface area (Å²) in [6, 6.07) is -0.211. The molecule has 1 heterocycles. The predicted molar refractivity (Wildman–Crippen MR) is 71.0 cm³/mol. The maximum atomic E-state index is 12.1. The summed E-state index contributed by atoms with van der Waals surface area (Å²) in [6.45, 7) is 8.46. The summed E-state index contributed by atoms with van der Waals surface area (Å²) < 4.78 is 5.46. The van der Waals surface area contributed by atoms with Crippen molar-refractivity contribution in [3.8, 4) is 0 Å². The molecule has 1 saturated heterocycles. The molecule has 1 rings (SSSR count). The minimum absolute atomic E-state index is 0.00825. The maximum absolute atomic E-state index is 12.1. The van der Waals surface area contributed by atoms with Crippen molar-refractivity contribution in [3.63, 3.8) is 0 Å². The Balaban J connectivity index is 2.57. The Bertz CT molecular complexity index is 348. The van der Waals surface area contributed by atoms with Crippen LogP contribution in [0.2, 0.25) is 0 Å². The van der Waals surface area contributed by atoms with Crippen LogP contribution in [0, 0.1) is 5.41 Å². The molecule has 2 N–H and O–H groups in total. The highest BCUT2D eigenvalue weighted by Crippen LogP contribution is 2.20. The normalized spacial score (nSPS) is 26.6. The van der Waals surface area contributed by atoms with E-state index in [0.29, 0.717) is 19.6 Å². The van der Waals surface area contributed by atoms with Crippen molar-refractivity contribution < 1.29 is 19.4 Å². The molecule has 0 bridgehead atoms. The van der Waals surface area contributed by atoms with Crippen LogP contribution in [-0.4, -0.2) is 53.8 Å². The topological polar surface area (TPSA) is 78.9 Å². The lowest BCUT2D eigenvalue weighted by molar-refractivity contribution is -0.147. The highest BCUT2D eigenvalue weighted by molar-refractivity contribution is 5.78. The molecule has 0 saturated carbocycles. The van der Waals surface area contributed by atoms with Gasteiger partial charge in [-0.2, -0.15) is 0 Å². The number of urea groups is 1. The van der Waals surface area contributed by atoms with Gasteiger partial charge in [0.1, 0.15) is 0 Å². The average Bonchev–Trinajstić information content (AvgIpc) is 2.38. The number of nitrogens with zero attached hydrogens (tertiary/aromatic N) is 1. The first kappa shape index (κ1) is 15.8. The summed E-state index contributed by atoms with van der Waals surface area (Å²) in [5.74, 6) is -0.890. The molecule has 0 aromatic rings. The molecule has 0 aromatic heterocycles. The van der Waals surface area contributed by atoms with Crippen LogP contribution in [0.4, 0.5) is 4.79 Å². The number of morpholine rings is 1. The van der Waals surface area contributed by atoms with E-state index >= 15 is 0 Å². The van der Waals surface area contributed by atoms with Crippen molar-refractivity contribution in [1.29, 1.82) is 0 Å². The van der Waals surface area contributed by atoms with E-state index in [1.165, 1.54) is 0 Å². The van der Waals surface area contributed by atoms with E-state index in [-0.39, 0.29) is 24.7 Å². The molecule has 1 aliphatic heterocycles. The number of rotatable bonds is 4. The lowest BCUT2D eigenvalue weighted by Crippen LogP contribution is -2.55. The molecule has 19 heavy (non-hydrogen) atoms. The third-order valence-corrected chi connectivity index (χ3v) is 3.80. The summed E-state index contributed by atoms with van der Waals surface area (Å²) in [7, 11) is 0. The number of nitrogens with one attached hydrogen (secondary N) is 1. The average molecular weight is 272 g/mol. The van der Waals surface area contributed by atoms with Crippen LogP contribution in [0.3, 0.4) is 0 Å². The standard InChI is InChI=1S/C13H24N2O4/c1-5-13(4,11(16)17)8-14-12(18)15-6-10(3)19-7-9(15)2/h9-10H,5-8H2,1-4H3,(H,14,18)(H,16,17). The Morgan fingerprint density at radius 3 is 2.63 bits per heavy atom. The largest absolute Gasteiger partial charge is 0.481 e. The smallest absolute Gasteiger partial charge is 0.317 e. The third-order valence-electron chi connectivity index (χ3n) is 3.80. The Morgan fingerprint density at radius 1 is 1.47 bits per heavy atom. The van der Waals surface area contributed by atoms with Crippen molar-refractivity contribution in [2.24, 2.45) is 5.41 Å². The molecule has 3 atom stereocenters. The molecular formula is C13H24N2O4. The second-order valence-electron chi connectivity index (χ2n) is 5.52. The monoisotopic (exact) mass is 272 g/mol. The second-order valence-corrected chi connectivity index (χ2v) is 5.52. The van der Waals surface area contributed by atoms with Gasteiger partial charge >= 0.3 is 12.0 Å². The van der Waals surface area contributed by atoms with Gasteiger partial charge in [0.15, 0.2) is 0 Å². The zero-order chi connectivity index (χ0) is 14.6. The van der Waals surface area contributed by atoms with Gasteiger partial charge in [-0.25, -0.2) is 4.79 Å². The van der Waals surface area contributed by atoms with Crippen LogP contribution in [0.5, 0.6) is 0 Å². The number of carbonyl (C=O) groups excluding carboxylic acids is 1. The summed E-state index contributed by atoms with van der Waals surface area (Å²) >= 11 is 0. The van der Waals surface area contributed by atoms with Crippen LogP contribution in [0.15, 0.2) is 0 Å². The third kappa shape index (κ3) is 3.83. The summed E-state index contributed by atoms with van der Waals surface area (Å²) in [5, 5.41) is 11.9. The Hall–Kier alpha value is -1.30. The van der Waals surface area contributed by atoms with Gasteiger partial charge in [-0.15, -0.1) is 0 Å². The first-order chi connectivity index (χ1) is 8.80. The summed E-state index contributed by atoms with van der Waals surface area (Å²) in [6.07, 6.45) is 0.483. The van der Waals surface area contributed by atoms with E-state index in [4.69, 9.17) is 9.84 Å². The minimum atomic E-state index is -0.920. The van der Waals surface area contributed by atoms with Crippen molar-refractivity contribution in [2.75, 3.05) is 19.7 Å². The van der Waals surface area contributed by atoms with Gasteiger partial charge in [-0.1, -0.05) is 6.92 Å². The Labute approximate surface area is 114 Å². The molecule has 1 aliphatic rings. The number of ether oxygens (including phenoxy) is 1. The van der Waals surface area contributed by atoms with Crippen molar-refractivity contribution in [3.05, 3.63) is 0 Å². The van der Waals surface area contributed by atoms with Crippen LogP contribution < -0.4 is 5.32 Å². The van der Waals surface area contributed by atoms with E-state index in [1.54, 1.807) is 18.7 Å². The highest BCUT2D eigenvalue weighted by atomic mass is 16.5. The van der Waals surface area contributed by atoms with E-state index in [9.17, 15) is 9.59 Å². The number of carbonyl (C=O) groups is 2. The number of carboxylic acids is 1. The minimum Gasteiger partial charge on any atom is -0.481 e. The Kier molecular flexibility index (Phi) is 5.17. The van der Waals surface area contributed by atoms with Gasteiger partial charge in [-0.3, -0.25) is 4.79 Å². The summed E-state index contributed by atoms with van der Waals surface area (Å²) in [5.41, 5.74) is -0.920. The number of hydrogen-bond donors (Lipinski definition) is 2. The molecule has 2 amide bonds. The first-order valence-corrected chi connectivity index (χ1v) is 6.69. The van der Waals surface area contributed by atoms with Gasteiger partial charge in [-0.05, 0) is 27.2 Å². The SMILES string of the molecule is CCC(C)(CNC(=O)N1CC(C)OCC1C)C(=O)O. The lowest BCUT2D eigenvalue weighted by atomic mass is 9.88. The molecular weight excluding hydrogens is 248 g/mol. The molecule has 0 aliphatic carbocycles. The molecule has 110 valence electrons. The van der Waals surface area contributed by atoms with Crippen LogP contribution in [0.1, 0.15) is 34.1 Å². The summed E-state index contributed by atoms with van der Waals surface area (Å²) in [4.78, 5) is 25.0. The number of hydrogen-bond acceptors (Lipinski definition) is 3. The van der Waals surface area contributed by atoms with Crippen molar-refractivity contribution >= 4 is 12.0 Å². The van der Waals surface area contributed by atoms with Crippen LogP contribution in [0.25, 0.3) is 0 Å². The molecule has 0 spiro atoms. The fourth-order valence-electron chi connectivity index (χ4n) is 1.91. The second kappa shape index (κ2) is 6.23. The fourth-order valence-corrected chi connectivity index (χ4v) is 1.91. The quantitative estimate of drug-likeness (QED) is 0.808. The molecule has 0 radical (unpaired) electrons. The van der Waals surface area contributed by atoms with Crippen LogP contribution in [-0.2, 0) is 9.53 Å². The van der Waals surface area contributed by atoms with Crippen molar-refractivity contribution in [2.45, 2.75) is 46.3 Å². The Morgan fingerprint density at radius 2 is 2.11 bits per heavy atom. The van der Waals surface area contributed by atoms with Gasteiger partial charge in [0.2, 0.25) is 0 Å². The highest BCUT2D eigenvalue weighted by Gasteiger charge is 2.33. The number of carboxylic acid groups (broad SMARTS) is 1. The molecule has 1 fully saturated rings. The molecule has 6 heteroatoms. The zero-order valence-electron chi connectivity index (χ0n) is 12.1. The van der Waals surface area contributed by atoms with Gasteiger partial charge in [0.05, 0.1) is 24.2 Å². The fraction of sp³-hybridized carbons (Fsp3) is 0.846.